The molecule has 0 bridgehead atoms. The molecular formula is C31H30F6N2O3. The summed E-state index contributed by atoms with van der Waals surface area (Å²) in [5.41, 5.74) is -0.582. The number of carbonyl (C=O) groups excluding carboxylic acids is 2. The molecule has 1 atom stereocenters. The van der Waals surface area contributed by atoms with Crippen LogP contribution in [0.3, 0.4) is 0 Å². The van der Waals surface area contributed by atoms with Crippen molar-refractivity contribution < 1.29 is 40.7 Å². The number of anilines is 1. The molecule has 5 nitrogen and oxygen atoms in total. The van der Waals surface area contributed by atoms with Crippen LogP contribution in [0.15, 0.2) is 66.7 Å². The van der Waals surface area contributed by atoms with Crippen molar-refractivity contribution in [3.63, 3.8) is 0 Å². The third-order valence-corrected chi connectivity index (χ3v) is 6.98. The highest BCUT2D eigenvalue weighted by Gasteiger charge is 2.38. The summed E-state index contributed by atoms with van der Waals surface area (Å²) in [5.74, 6) is -0.540. The van der Waals surface area contributed by atoms with E-state index in [1.165, 1.54) is 16.7 Å². The number of rotatable bonds is 5. The van der Waals surface area contributed by atoms with E-state index in [4.69, 9.17) is 4.74 Å². The van der Waals surface area contributed by atoms with Crippen molar-refractivity contribution in [3.8, 4) is 11.1 Å². The number of carbonyl (C=O) groups is 2. The molecular weight excluding hydrogens is 562 g/mol. The van der Waals surface area contributed by atoms with Crippen molar-refractivity contribution >= 4 is 17.7 Å². The van der Waals surface area contributed by atoms with Crippen LogP contribution < -0.4 is 4.90 Å². The van der Waals surface area contributed by atoms with Gasteiger partial charge < -0.3 is 9.64 Å². The topological polar surface area (TPSA) is 49.9 Å². The van der Waals surface area contributed by atoms with Gasteiger partial charge >= 0.3 is 18.4 Å². The zero-order chi connectivity index (χ0) is 30.8. The molecule has 3 aromatic rings. The largest absolute Gasteiger partial charge is 0.446 e. The van der Waals surface area contributed by atoms with E-state index in [2.05, 4.69) is 0 Å². The number of amides is 2. The summed E-state index contributed by atoms with van der Waals surface area (Å²) in [5, 5.41) is 0. The van der Waals surface area contributed by atoms with E-state index < -0.39 is 54.2 Å². The Balaban J connectivity index is 1.82. The summed E-state index contributed by atoms with van der Waals surface area (Å²) in [6.45, 7) is 4.37. The minimum Gasteiger partial charge on any atom is -0.446 e. The fourth-order valence-corrected chi connectivity index (χ4v) is 5.11. The molecule has 0 fully saturated rings. The van der Waals surface area contributed by atoms with Gasteiger partial charge in [-0.25, -0.2) is 4.79 Å². The van der Waals surface area contributed by atoms with E-state index in [1.807, 2.05) is 36.4 Å². The third kappa shape index (κ3) is 7.06. The molecule has 4 rings (SSSR count). The second kappa shape index (κ2) is 12.1. The van der Waals surface area contributed by atoms with Crippen LogP contribution in [-0.4, -0.2) is 29.5 Å². The Morgan fingerprint density at radius 1 is 0.905 bits per heavy atom. The molecule has 0 spiro atoms. The number of hydrogen-bond donors (Lipinski definition) is 0. The first-order valence-electron chi connectivity index (χ1n) is 13.4. The first kappa shape index (κ1) is 30.9. The molecule has 42 heavy (non-hydrogen) atoms. The SMILES string of the molecule is CC(=O)N(Cc1cc(C(F)(F)F)cc(C(F)(F)F)c1)C1CCCN(C(=O)OC(C)C)c2cc(-c3ccccc3)ccc21. The minimum atomic E-state index is -5.02. The Labute approximate surface area is 239 Å². The number of nitrogens with zero attached hydrogens (tertiary/aromatic N) is 2. The molecule has 11 heteroatoms. The van der Waals surface area contributed by atoms with Gasteiger partial charge in [0, 0.05) is 20.0 Å². The van der Waals surface area contributed by atoms with Crippen LogP contribution in [-0.2, 0) is 28.4 Å². The van der Waals surface area contributed by atoms with Gasteiger partial charge in [0.05, 0.1) is 29.0 Å². The summed E-state index contributed by atoms with van der Waals surface area (Å²) in [6.07, 6.45) is -10.3. The predicted octanol–water partition coefficient (Wildman–Crippen LogP) is 8.63. The number of halogens is 6. The molecule has 3 aromatic carbocycles. The molecule has 224 valence electrons. The Morgan fingerprint density at radius 2 is 1.52 bits per heavy atom. The number of ether oxygens (including phenoxy) is 1. The van der Waals surface area contributed by atoms with E-state index in [0.717, 1.165) is 11.1 Å². The lowest BCUT2D eigenvalue weighted by atomic mass is 9.95. The minimum absolute atomic E-state index is 0.0614. The molecule has 1 aliphatic rings. The van der Waals surface area contributed by atoms with Crippen molar-refractivity contribution in [1.82, 2.24) is 4.90 Å². The average Bonchev–Trinajstić information content (AvgIpc) is 3.10. The second-order valence-electron chi connectivity index (χ2n) is 10.4. The Morgan fingerprint density at radius 3 is 2.07 bits per heavy atom. The average molecular weight is 593 g/mol. The lowest BCUT2D eigenvalue weighted by Crippen LogP contribution is -2.34. The van der Waals surface area contributed by atoms with Gasteiger partial charge in [-0.15, -0.1) is 0 Å². The number of hydrogen-bond acceptors (Lipinski definition) is 3. The van der Waals surface area contributed by atoms with Crippen LogP contribution in [0, 0.1) is 0 Å². The first-order chi connectivity index (χ1) is 19.6. The number of alkyl halides is 6. The van der Waals surface area contributed by atoms with Gasteiger partial charge in [0.15, 0.2) is 0 Å². The van der Waals surface area contributed by atoms with Crippen LogP contribution in [0.25, 0.3) is 11.1 Å². The van der Waals surface area contributed by atoms with E-state index in [0.29, 0.717) is 36.2 Å². The van der Waals surface area contributed by atoms with Gasteiger partial charge in [-0.2, -0.15) is 26.3 Å². The second-order valence-corrected chi connectivity index (χ2v) is 10.4. The molecule has 0 N–H and O–H groups in total. The lowest BCUT2D eigenvalue weighted by molar-refractivity contribution is -0.143. The van der Waals surface area contributed by atoms with Gasteiger partial charge in [-0.1, -0.05) is 42.5 Å². The normalized spacial score (nSPS) is 15.7. The van der Waals surface area contributed by atoms with Crippen LogP contribution in [0.2, 0.25) is 0 Å². The highest BCUT2D eigenvalue weighted by atomic mass is 19.4. The summed E-state index contributed by atoms with van der Waals surface area (Å²) >= 11 is 0. The summed E-state index contributed by atoms with van der Waals surface area (Å²) in [7, 11) is 0. The Hall–Kier alpha value is -4.02. The zero-order valence-corrected chi connectivity index (χ0v) is 23.2. The van der Waals surface area contributed by atoms with E-state index in [-0.39, 0.29) is 18.2 Å². The molecule has 0 aromatic heterocycles. The van der Waals surface area contributed by atoms with Crippen molar-refractivity contribution in [3.05, 3.63) is 89.0 Å². The van der Waals surface area contributed by atoms with Gasteiger partial charge in [-0.05, 0) is 73.2 Å². The number of fused-ring (bicyclic) bond motifs is 1. The monoisotopic (exact) mass is 592 g/mol. The van der Waals surface area contributed by atoms with Gasteiger partial charge in [0.1, 0.15) is 0 Å². The maximum Gasteiger partial charge on any atom is 0.416 e. The fourth-order valence-electron chi connectivity index (χ4n) is 5.11. The van der Waals surface area contributed by atoms with Crippen LogP contribution in [0.1, 0.15) is 61.9 Å². The summed E-state index contributed by atoms with van der Waals surface area (Å²) in [6, 6.07) is 15.3. The van der Waals surface area contributed by atoms with Crippen LogP contribution in [0.5, 0.6) is 0 Å². The molecule has 0 radical (unpaired) electrons. The van der Waals surface area contributed by atoms with Crippen molar-refractivity contribution in [2.75, 3.05) is 11.4 Å². The molecule has 1 unspecified atom stereocenters. The molecule has 2 amide bonds. The predicted molar refractivity (Wildman–Crippen MR) is 145 cm³/mol. The summed E-state index contributed by atoms with van der Waals surface area (Å²) < 4.78 is 86.6. The molecule has 1 aliphatic heterocycles. The molecule has 1 heterocycles. The molecule has 0 saturated carbocycles. The van der Waals surface area contributed by atoms with Gasteiger partial charge in [0.2, 0.25) is 5.91 Å². The quantitative estimate of drug-likeness (QED) is 0.279. The van der Waals surface area contributed by atoms with Gasteiger partial charge in [-0.3, -0.25) is 9.69 Å². The highest BCUT2D eigenvalue weighted by Crippen LogP contribution is 2.41. The van der Waals surface area contributed by atoms with Crippen molar-refractivity contribution in [1.29, 1.82) is 0 Å². The summed E-state index contributed by atoms with van der Waals surface area (Å²) in [4.78, 5) is 28.8. The Kier molecular flexibility index (Phi) is 8.89. The lowest BCUT2D eigenvalue weighted by Gasteiger charge is -2.33. The molecule has 0 saturated heterocycles. The Bertz CT molecular complexity index is 1400. The van der Waals surface area contributed by atoms with E-state index >= 15 is 0 Å². The maximum absolute atomic E-state index is 13.5. The van der Waals surface area contributed by atoms with Crippen molar-refractivity contribution in [2.45, 2.75) is 64.7 Å². The number of benzene rings is 3. The van der Waals surface area contributed by atoms with Gasteiger partial charge in [0.25, 0.3) is 0 Å². The van der Waals surface area contributed by atoms with E-state index in [1.54, 1.807) is 26.0 Å². The highest BCUT2D eigenvalue weighted by molar-refractivity contribution is 5.91. The maximum atomic E-state index is 13.5. The first-order valence-corrected chi connectivity index (χ1v) is 13.4. The van der Waals surface area contributed by atoms with Crippen LogP contribution >= 0.6 is 0 Å². The fraction of sp³-hybridized carbons (Fsp3) is 0.355. The molecule has 0 aliphatic carbocycles. The van der Waals surface area contributed by atoms with E-state index in [9.17, 15) is 35.9 Å². The smallest absolute Gasteiger partial charge is 0.416 e. The van der Waals surface area contributed by atoms with Crippen molar-refractivity contribution in [2.24, 2.45) is 0 Å². The van der Waals surface area contributed by atoms with Crippen LogP contribution in [0.4, 0.5) is 36.8 Å². The zero-order valence-electron chi connectivity index (χ0n) is 23.2. The third-order valence-electron chi connectivity index (χ3n) is 6.98. The standard InChI is InChI=1S/C31H30F6N2O3/c1-19(2)42-29(41)38-13-7-10-27(26-12-11-23(16-28(26)38)22-8-5-4-6-9-22)39(20(3)40)18-21-14-24(30(32,33)34)17-25(15-21)31(35,36)37/h4-6,8-9,11-12,14-17,19,27H,7,10,13,18H2,1-3H3.